The lowest BCUT2D eigenvalue weighted by Crippen LogP contribution is -2.14. The number of hydrogen-bond acceptors (Lipinski definition) is 1. The molecule has 1 aliphatic carbocycles. The average Bonchev–Trinajstić information content (AvgIpc) is 3.68. The van der Waals surface area contributed by atoms with Crippen molar-refractivity contribution in [3.63, 3.8) is 0 Å². The molecule has 1 heteroatoms. The molecule has 0 saturated heterocycles. The van der Waals surface area contributed by atoms with Crippen molar-refractivity contribution in [2.75, 3.05) is 0 Å². The van der Waals surface area contributed by atoms with E-state index >= 15 is 0 Å². The standard InChI is InChI=1S/C51H34O/c1-51(2)43-21-10-9-20-41(43)49-44(51)26-27-45-50(49)42-25-24-36(30-46(42)52-45)48-39-18-7-5-16-37(39)47(38-17-6-8-19-40(38)48)35-15-11-14-33(29-35)34-23-22-31-12-3-4-13-32(31)28-34/h3-30H,1-2H3. The van der Waals surface area contributed by atoms with Crippen LogP contribution in [0.5, 0.6) is 0 Å². The van der Waals surface area contributed by atoms with Gasteiger partial charge in [-0.25, -0.2) is 0 Å². The topological polar surface area (TPSA) is 13.1 Å². The summed E-state index contributed by atoms with van der Waals surface area (Å²) < 4.78 is 6.72. The first-order valence-electron chi connectivity index (χ1n) is 18.2. The smallest absolute Gasteiger partial charge is 0.136 e. The Labute approximate surface area is 302 Å². The molecule has 0 spiro atoms. The minimum absolute atomic E-state index is 0.0573. The van der Waals surface area contributed by atoms with Crippen LogP contribution in [0.25, 0.3) is 98.8 Å². The van der Waals surface area contributed by atoms with Gasteiger partial charge in [-0.2, -0.15) is 0 Å². The Morgan fingerprint density at radius 3 is 1.71 bits per heavy atom. The maximum absolute atomic E-state index is 6.72. The third-order valence-electron chi connectivity index (χ3n) is 11.6. The fourth-order valence-corrected chi connectivity index (χ4v) is 9.19. The molecule has 0 aliphatic heterocycles. The Balaban J connectivity index is 1.12. The summed E-state index contributed by atoms with van der Waals surface area (Å²) in [6, 6.07) is 62.3. The van der Waals surface area contributed by atoms with Crippen LogP contribution in [0.3, 0.4) is 0 Å². The van der Waals surface area contributed by atoms with E-state index in [4.69, 9.17) is 4.42 Å². The molecule has 0 amide bonds. The van der Waals surface area contributed by atoms with Crippen molar-refractivity contribution < 1.29 is 4.42 Å². The van der Waals surface area contributed by atoms with E-state index < -0.39 is 0 Å². The largest absolute Gasteiger partial charge is 0.456 e. The third-order valence-corrected chi connectivity index (χ3v) is 11.6. The van der Waals surface area contributed by atoms with Crippen LogP contribution in [0.2, 0.25) is 0 Å². The Bertz CT molecular complexity index is 3040. The third kappa shape index (κ3) is 4.11. The Hall–Kier alpha value is -6.44. The minimum atomic E-state index is -0.0573. The molecule has 11 rings (SSSR count). The highest BCUT2D eigenvalue weighted by atomic mass is 16.3. The van der Waals surface area contributed by atoms with E-state index in [1.165, 1.54) is 93.2 Å². The van der Waals surface area contributed by atoms with Crippen molar-refractivity contribution in [1.29, 1.82) is 0 Å². The second-order valence-corrected chi connectivity index (χ2v) is 14.8. The molecule has 1 nitrogen and oxygen atoms in total. The van der Waals surface area contributed by atoms with E-state index in [2.05, 4.69) is 184 Å². The zero-order valence-electron chi connectivity index (χ0n) is 29.1. The first kappa shape index (κ1) is 29.3. The van der Waals surface area contributed by atoms with Crippen LogP contribution in [-0.4, -0.2) is 0 Å². The van der Waals surface area contributed by atoms with Gasteiger partial charge < -0.3 is 4.42 Å². The van der Waals surface area contributed by atoms with Crippen molar-refractivity contribution >= 4 is 54.3 Å². The zero-order valence-corrected chi connectivity index (χ0v) is 29.1. The van der Waals surface area contributed by atoms with E-state index in [0.29, 0.717) is 0 Å². The zero-order chi connectivity index (χ0) is 34.6. The molecule has 52 heavy (non-hydrogen) atoms. The number of rotatable bonds is 3. The molecule has 0 unspecified atom stereocenters. The van der Waals surface area contributed by atoms with Crippen LogP contribution in [0.4, 0.5) is 0 Å². The number of hydrogen-bond donors (Lipinski definition) is 0. The van der Waals surface area contributed by atoms with Gasteiger partial charge in [0.1, 0.15) is 11.2 Å². The average molecular weight is 663 g/mol. The van der Waals surface area contributed by atoms with Gasteiger partial charge in [0.2, 0.25) is 0 Å². The van der Waals surface area contributed by atoms with E-state index in [-0.39, 0.29) is 5.41 Å². The quantitative estimate of drug-likeness (QED) is 0.172. The lowest BCUT2D eigenvalue weighted by Gasteiger charge is -2.21. The molecule has 0 saturated carbocycles. The van der Waals surface area contributed by atoms with Crippen LogP contribution in [0, 0.1) is 0 Å². The summed E-state index contributed by atoms with van der Waals surface area (Å²) in [6.45, 7) is 4.67. The molecular weight excluding hydrogens is 629 g/mol. The van der Waals surface area contributed by atoms with E-state index in [1.54, 1.807) is 0 Å². The summed E-state index contributed by atoms with van der Waals surface area (Å²) in [5.41, 5.74) is 14.5. The van der Waals surface area contributed by atoms with Crippen LogP contribution in [0.1, 0.15) is 25.0 Å². The minimum Gasteiger partial charge on any atom is -0.456 e. The highest BCUT2D eigenvalue weighted by Gasteiger charge is 2.37. The molecular formula is C51H34O. The summed E-state index contributed by atoms with van der Waals surface area (Å²) in [4.78, 5) is 0. The van der Waals surface area contributed by atoms with Gasteiger partial charge >= 0.3 is 0 Å². The first-order valence-corrected chi connectivity index (χ1v) is 18.2. The maximum atomic E-state index is 6.72. The SMILES string of the molecule is CC1(C)c2ccccc2-c2c1ccc1oc3cc(-c4c5ccccc5c(-c5cccc(-c6ccc7ccccc7c6)c5)c5ccccc45)ccc3c21. The summed E-state index contributed by atoms with van der Waals surface area (Å²) >= 11 is 0. The van der Waals surface area contributed by atoms with Crippen molar-refractivity contribution in [2.24, 2.45) is 0 Å². The van der Waals surface area contributed by atoms with Gasteiger partial charge in [-0.3, -0.25) is 0 Å². The number of benzene rings is 9. The number of furan rings is 1. The maximum Gasteiger partial charge on any atom is 0.136 e. The molecule has 9 aromatic carbocycles. The molecule has 0 atom stereocenters. The first-order chi connectivity index (χ1) is 25.5. The molecule has 0 N–H and O–H groups in total. The monoisotopic (exact) mass is 662 g/mol. The molecule has 1 heterocycles. The van der Waals surface area contributed by atoms with Gasteiger partial charge in [-0.1, -0.05) is 153 Å². The van der Waals surface area contributed by atoms with Gasteiger partial charge in [0.15, 0.2) is 0 Å². The van der Waals surface area contributed by atoms with E-state index in [1.807, 2.05) is 0 Å². The second-order valence-electron chi connectivity index (χ2n) is 14.8. The fraction of sp³-hybridized carbons (Fsp3) is 0.0588. The Kier molecular flexibility index (Phi) is 6.08. The summed E-state index contributed by atoms with van der Waals surface area (Å²) in [7, 11) is 0. The number of fused-ring (bicyclic) bond motifs is 10. The molecule has 1 aromatic heterocycles. The van der Waals surface area contributed by atoms with Crippen molar-refractivity contribution in [2.45, 2.75) is 19.3 Å². The molecule has 244 valence electrons. The van der Waals surface area contributed by atoms with Crippen molar-refractivity contribution in [3.05, 3.63) is 181 Å². The predicted molar refractivity (Wildman–Crippen MR) is 220 cm³/mol. The lowest BCUT2D eigenvalue weighted by atomic mass is 9.82. The molecule has 0 radical (unpaired) electrons. The predicted octanol–water partition coefficient (Wildman–Crippen LogP) is 14.4. The second kappa shape index (κ2) is 10.8. The van der Waals surface area contributed by atoms with E-state index in [0.717, 1.165) is 16.7 Å². The molecule has 10 aromatic rings. The fourth-order valence-electron chi connectivity index (χ4n) is 9.19. The van der Waals surface area contributed by atoms with Gasteiger partial charge in [0.05, 0.1) is 0 Å². The van der Waals surface area contributed by atoms with Crippen LogP contribution < -0.4 is 0 Å². The normalized spacial score (nSPS) is 13.3. The van der Waals surface area contributed by atoms with Crippen molar-refractivity contribution in [1.82, 2.24) is 0 Å². The lowest BCUT2D eigenvalue weighted by molar-refractivity contribution is 0.656. The molecule has 1 aliphatic rings. The molecule has 0 fully saturated rings. The van der Waals surface area contributed by atoms with Gasteiger partial charge in [0.25, 0.3) is 0 Å². The summed E-state index contributed by atoms with van der Waals surface area (Å²) in [5.74, 6) is 0. The summed E-state index contributed by atoms with van der Waals surface area (Å²) in [6.07, 6.45) is 0. The highest BCUT2D eigenvalue weighted by Crippen LogP contribution is 2.53. The van der Waals surface area contributed by atoms with E-state index in [9.17, 15) is 0 Å². The van der Waals surface area contributed by atoms with Gasteiger partial charge in [0, 0.05) is 16.2 Å². The highest BCUT2D eigenvalue weighted by molar-refractivity contribution is 6.22. The van der Waals surface area contributed by atoms with Crippen LogP contribution in [-0.2, 0) is 5.41 Å². The van der Waals surface area contributed by atoms with Gasteiger partial charge in [-0.05, 0) is 118 Å². The molecule has 0 bridgehead atoms. The summed E-state index contributed by atoms with van der Waals surface area (Å²) in [5, 5.41) is 9.85. The van der Waals surface area contributed by atoms with Crippen LogP contribution >= 0.6 is 0 Å². The Morgan fingerprint density at radius 2 is 0.962 bits per heavy atom. The van der Waals surface area contributed by atoms with Crippen LogP contribution in [0.15, 0.2) is 174 Å². The Morgan fingerprint density at radius 1 is 0.365 bits per heavy atom. The van der Waals surface area contributed by atoms with Gasteiger partial charge in [-0.15, -0.1) is 0 Å². The van der Waals surface area contributed by atoms with Crippen molar-refractivity contribution in [3.8, 4) is 44.5 Å².